The number of nitrogens with one attached hydrogen (secondary N) is 1. The van der Waals surface area contributed by atoms with Gasteiger partial charge in [0.25, 0.3) is 0 Å². The highest BCUT2D eigenvalue weighted by Crippen LogP contribution is 2.31. The highest BCUT2D eigenvalue weighted by atomic mass is 16.5. The van der Waals surface area contributed by atoms with Gasteiger partial charge in [-0.1, -0.05) is 19.9 Å². The number of likely N-dealkylation sites (tertiary alicyclic amines) is 1. The summed E-state index contributed by atoms with van der Waals surface area (Å²) in [5.74, 6) is 0.699. The lowest BCUT2D eigenvalue weighted by Gasteiger charge is -2.54. The van der Waals surface area contributed by atoms with Gasteiger partial charge < -0.3 is 15.0 Å². The lowest BCUT2D eigenvalue weighted by atomic mass is 9.90. The van der Waals surface area contributed by atoms with Gasteiger partial charge in [0.15, 0.2) is 0 Å². The van der Waals surface area contributed by atoms with Crippen LogP contribution >= 0.6 is 0 Å². The average Bonchev–Trinajstić information content (AvgIpc) is 2.62. The minimum atomic E-state index is -0.317. The number of ether oxygens (including phenoxy) is 1. The van der Waals surface area contributed by atoms with Gasteiger partial charge in [-0.15, -0.1) is 0 Å². The maximum Gasteiger partial charge on any atom is 0.240 e. The molecule has 1 spiro atoms. The Bertz CT molecular complexity index is 658. The fraction of sp³-hybridized carbons (Fsp3) is 0.650. The first-order valence-electron chi connectivity index (χ1n) is 9.67. The van der Waals surface area contributed by atoms with Gasteiger partial charge in [-0.2, -0.15) is 0 Å². The molecule has 1 aromatic heterocycles. The van der Waals surface area contributed by atoms with Crippen molar-refractivity contribution in [2.24, 2.45) is 5.92 Å². The molecule has 0 radical (unpaired) electrons. The van der Waals surface area contributed by atoms with Gasteiger partial charge in [0.1, 0.15) is 11.6 Å². The van der Waals surface area contributed by atoms with Crippen LogP contribution in [0.4, 0.5) is 0 Å². The number of amides is 2. The molecule has 0 saturated carbocycles. The van der Waals surface area contributed by atoms with Crippen LogP contribution in [0.15, 0.2) is 24.5 Å². The van der Waals surface area contributed by atoms with Crippen molar-refractivity contribution in [1.29, 1.82) is 0 Å². The number of hydrogen-bond donors (Lipinski definition) is 1. The third kappa shape index (κ3) is 4.84. The van der Waals surface area contributed by atoms with Crippen molar-refractivity contribution in [3.05, 3.63) is 30.1 Å². The fourth-order valence-corrected chi connectivity index (χ4v) is 3.67. The summed E-state index contributed by atoms with van der Waals surface area (Å²) >= 11 is 0. The van der Waals surface area contributed by atoms with Crippen molar-refractivity contribution >= 4 is 11.8 Å². The number of likely N-dealkylation sites (N-methyl/N-ethyl adjacent to an activating group) is 1. The van der Waals surface area contributed by atoms with Crippen molar-refractivity contribution < 1.29 is 14.3 Å². The number of pyridine rings is 1. The largest absolute Gasteiger partial charge is 0.368 e. The Morgan fingerprint density at radius 1 is 1.37 bits per heavy atom. The molecule has 2 fully saturated rings. The van der Waals surface area contributed by atoms with Crippen LogP contribution in [0.1, 0.15) is 32.3 Å². The molecule has 1 aromatic rings. The molecule has 1 atom stereocenters. The molecule has 0 aromatic carbocycles. The number of rotatable bonds is 6. The summed E-state index contributed by atoms with van der Waals surface area (Å²) in [6, 6.07) is 3.48. The van der Waals surface area contributed by atoms with Crippen LogP contribution in [0.25, 0.3) is 0 Å². The molecule has 148 valence electrons. The van der Waals surface area contributed by atoms with E-state index in [4.69, 9.17) is 4.74 Å². The van der Waals surface area contributed by atoms with Crippen molar-refractivity contribution in [1.82, 2.24) is 20.1 Å². The van der Waals surface area contributed by atoms with Crippen LogP contribution < -0.4 is 5.32 Å². The quantitative estimate of drug-likeness (QED) is 0.806. The Morgan fingerprint density at radius 3 is 2.78 bits per heavy atom. The summed E-state index contributed by atoms with van der Waals surface area (Å²) in [6.45, 7) is 6.97. The minimum absolute atomic E-state index is 0.0413. The zero-order valence-electron chi connectivity index (χ0n) is 16.5. The second-order valence-electron chi connectivity index (χ2n) is 8.19. The molecule has 7 heteroatoms. The SMILES string of the molecule is CC(C)CCC(=O)N1CC2(C1)CN(C)[C@@H](C(=O)NCc1cccnc1)CO2. The smallest absolute Gasteiger partial charge is 0.240 e. The van der Waals surface area contributed by atoms with Crippen LogP contribution in [0.5, 0.6) is 0 Å². The Kier molecular flexibility index (Phi) is 6.11. The van der Waals surface area contributed by atoms with Gasteiger partial charge in [0.2, 0.25) is 11.8 Å². The Balaban J connectivity index is 1.44. The molecule has 3 rings (SSSR count). The van der Waals surface area contributed by atoms with Crippen LogP contribution in [0.2, 0.25) is 0 Å². The minimum Gasteiger partial charge on any atom is -0.368 e. The van der Waals surface area contributed by atoms with Crippen LogP contribution in [-0.2, 0) is 20.9 Å². The lowest BCUT2D eigenvalue weighted by molar-refractivity contribution is -0.201. The monoisotopic (exact) mass is 374 g/mol. The van der Waals surface area contributed by atoms with Crippen molar-refractivity contribution in [2.75, 3.05) is 33.3 Å². The van der Waals surface area contributed by atoms with E-state index in [9.17, 15) is 9.59 Å². The van der Waals surface area contributed by atoms with E-state index in [2.05, 4.69) is 24.1 Å². The first-order valence-corrected chi connectivity index (χ1v) is 9.67. The lowest BCUT2D eigenvalue weighted by Crippen LogP contribution is -2.73. The number of nitrogens with zero attached hydrogens (tertiary/aromatic N) is 3. The van der Waals surface area contributed by atoms with E-state index >= 15 is 0 Å². The summed E-state index contributed by atoms with van der Waals surface area (Å²) in [4.78, 5) is 32.7. The second kappa shape index (κ2) is 8.35. The molecule has 7 nitrogen and oxygen atoms in total. The second-order valence-corrected chi connectivity index (χ2v) is 8.19. The molecule has 0 unspecified atom stereocenters. The number of hydrogen-bond acceptors (Lipinski definition) is 5. The first kappa shape index (κ1) is 19.8. The van der Waals surface area contributed by atoms with E-state index in [0.717, 1.165) is 12.0 Å². The summed E-state index contributed by atoms with van der Waals surface area (Å²) in [7, 11) is 1.95. The van der Waals surface area contributed by atoms with E-state index in [1.807, 2.05) is 29.0 Å². The predicted molar refractivity (Wildman–Crippen MR) is 102 cm³/mol. The number of aromatic nitrogens is 1. The molecule has 2 aliphatic heterocycles. The average molecular weight is 374 g/mol. The van der Waals surface area contributed by atoms with Gasteiger partial charge in [0, 0.05) is 31.9 Å². The maximum atomic E-state index is 12.5. The van der Waals surface area contributed by atoms with Gasteiger partial charge in [-0.25, -0.2) is 0 Å². The van der Waals surface area contributed by atoms with E-state index in [-0.39, 0.29) is 23.5 Å². The third-order valence-electron chi connectivity index (χ3n) is 5.36. The molecule has 0 aliphatic carbocycles. The van der Waals surface area contributed by atoms with Crippen molar-refractivity contribution in [2.45, 2.75) is 44.9 Å². The summed E-state index contributed by atoms with van der Waals surface area (Å²) < 4.78 is 6.05. The van der Waals surface area contributed by atoms with Crippen LogP contribution in [-0.4, -0.2) is 71.5 Å². The Hall–Kier alpha value is -1.99. The molecule has 27 heavy (non-hydrogen) atoms. The van der Waals surface area contributed by atoms with Gasteiger partial charge in [-0.05, 0) is 31.0 Å². The number of carbonyl (C=O) groups is 2. The summed E-state index contributed by atoms with van der Waals surface area (Å²) in [5.41, 5.74) is 0.652. The molecular formula is C20H30N4O3. The van der Waals surface area contributed by atoms with Crippen molar-refractivity contribution in [3.63, 3.8) is 0 Å². The molecule has 0 bridgehead atoms. The normalized spacial score (nSPS) is 21.9. The zero-order valence-corrected chi connectivity index (χ0v) is 16.5. The molecular weight excluding hydrogens is 344 g/mol. The topological polar surface area (TPSA) is 74.8 Å². The third-order valence-corrected chi connectivity index (χ3v) is 5.36. The van der Waals surface area contributed by atoms with Gasteiger partial charge >= 0.3 is 0 Å². The highest BCUT2D eigenvalue weighted by molar-refractivity contribution is 5.82. The summed E-state index contributed by atoms with van der Waals surface area (Å²) in [5, 5.41) is 2.95. The summed E-state index contributed by atoms with van der Waals surface area (Å²) in [6.07, 6.45) is 4.98. The van der Waals surface area contributed by atoms with E-state index < -0.39 is 0 Å². The van der Waals surface area contributed by atoms with E-state index in [1.54, 1.807) is 12.4 Å². The van der Waals surface area contributed by atoms with Crippen LogP contribution in [0.3, 0.4) is 0 Å². The molecule has 2 amide bonds. The molecule has 2 aliphatic rings. The highest BCUT2D eigenvalue weighted by Gasteiger charge is 2.50. The zero-order chi connectivity index (χ0) is 19.4. The van der Waals surface area contributed by atoms with Gasteiger partial charge in [0.05, 0.1) is 19.7 Å². The fourth-order valence-electron chi connectivity index (χ4n) is 3.67. The maximum absolute atomic E-state index is 12.5. The standard InChI is InChI=1S/C20H30N4O3/c1-15(2)6-7-18(25)24-13-20(14-24)12-23(3)17(11-27-20)19(26)22-10-16-5-4-8-21-9-16/h4-5,8-9,15,17H,6-7,10-14H2,1-3H3,(H,22,26)/t17-/m1/s1. The molecule has 3 heterocycles. The van der Waals surface area contributed by atoms with Crippen molar-refractivity contribution in [3.8, 4) is 0 Å². The Labute approximate surface area is 161 Å². The molecule has 2 saturated heterocycles. The number of morpholine rings is 1. The van der Waals surface area contributed by atoms with E-state index in [1.165, 1.54) is 0 Å². The molecule has 1 N–H and O–H groups in total. The van der Waals surface area contributed by atoms with Gasteiger partial charge in [-0.3, -0.25) is 19.5 Å². The first-order chi connectivity index (χ1) is 12.9. The predicted octanol–water partition coefficient (Wildman–Crippen LogP) is 1.05. The Morgan fingerprint density at radius 2 is 2.15 bits per heavy atom. The number of carbonyl (C=O) groups excluding carboxylic acids is 2. The van der Waals surface area contributed by atoms with Crippen LogP contribution in [0, 0.1) is 5.92 Å². The van der Waals surface area contributed by atoms with E-state index in [0.29, 0.717) is 45.1 Å².